The highest BCUT2D eigenvalue weighted by Crippen LogP contribution is 2.32. The number of hydrogen-bond donors (Lipinski definition) is 2. The van der Waals surface area contributed by atoms with Gasteiger partial charge in [-0.05, 0) is 37.9 Å². The number of aromatic nitrogens is 4. The minimum absolute atomic E-state index is 0.181. The molecule has 19 heavy (non-hydrogen) atoms. The molecule has 0 unspecified atom stereocenters. The first-order valence-electron chi connectivity index (χ1n) is 6.38. The van der Waals surface area contributed by atoms with Crippen molar-refractivity contribution in [3.63, 3.8) is 0 Å². The van der Waals surface area contributed by atoms with Crippen LogP contribution in [0.2, 0.25) is 0 Å². The molecule has 6 nitrogen and oxygen atoms in total. The van der Waals surface area contributed by atoms with Gasteiger partial charge in [0.15, 0.2) is 10.4 Å². The summed E-state index contributed by atoms with van der Waals surface area (Å²) in [5, 5.41) is 9.60. The molecule has 0 atom stereocenters. The third-order valence-corrected chi connectivity index (χ3v) is 3.99. The normalized spacial score (nSPS) is 23.7. The van der Waals surface area contributed by atoms with Crippen LogP contribution < -0.4 is 4.74 Å². The summed E-state index contributed by atoms with van der Waals surface area (Å²) >= 11 is 5.39. The van der Waals surface area contributed by atoms with E-state index >= 15 is 0 Å². The zero-order valence-corrected chi connectivity index (χ0v) is 11.5. The van der Waals surface area contributed by atoms with Gasteiger partial charge in [0.05, 0.1) is 13.2 Å². The third kappa shape index (κ3) is 2.12. The molecule has 0 bridgehead atoms. The number of H-pyrrole nitrogens is 1. The number of nitrogens with one attached hydrogen (secondary N) is 1. The van der Waals surface area contributed by atoms with Gasteiger partial charge in [-0.25, -0.2) is 4.98 Å². The van der Waals surface area contributed by atoms with E-state index in [1.807, 2.05) is 4.57 Å². The van der Waals surface area contributed by atoms with Crippen molar-refractivity contribution in [3.8, 4) is 5.88 Å². The van der Waals surface area contributed by atoms with Crippen LogP contribution in [0.15, 0.2) is 6.33 Å². The Morgan fingerprint density at radius 2 is 2.11 bits per heavy atom. The van der Waals surface area contributed by atoms with Crippen molar-refractivity contribution < 1.29 is 9.84 Å². The summed E-state index contributed by atoms with van der Waals surface area (Å²) in [4.78, 5) is 11.5. The zero-order chi connectivity index (χ0) is 13.4. The van der Waals surface area contributed by atoms with E-state index in [0.717, 1.165) is 36.8 Å². The predicted octanol–water partition coefficient (Wildman–Crippen LogP) is 1.97. The van der Waals surface area contributed by atoms with Gasteiger partial charge in [0, 0.05) is 6.04 Å². The van der Waals surface area contributed by atoms with E-state index in [0.29, 0.717) is 10.7 Å². The number of fused-ring (bicyclic) bond motifs is 1. The van der Waals surface area contributed by atoms with E-state index in [9.17, 15) is 5.11 Å². The lowest BCUT2D eigenvalue weighted by Gasteiger charge is -2.26. The van der Waals surface area contributed by atoms with Crippen LogP contribution in [-0.2, 0) is 0 Å². The second kappa shape index (κ2) is 4.90. The summed E-state index contributed by atoms with van der Waals surface area (Å²) in [6.45, 7) is 0. The second-order valence-electron chi connectivity index (χ2n) is 4.84. The van der Waals surface area contributed by atoms with Gasteiger partial charge < -0.3 is 14.8 Å². The Bertz CT molecular complexity index is 643. The lowest BCUT2D eigenvalue weighted by molar-refractivity contribution is 0.111. The van der Waals surface area contributed by atoms with Gasteiger partial charge in [-0.2, -0.15) is 4.98 Å². The smallest absolute Gasteiger partial charge is 0.242 e. The number of nitrogens with zero attached hydrogens (tertiary/aromatic N) is 3. The van der Waals surface area contributed by atoms with Crippen LogP contribution in [0.1, 0.15) is 31.7 Å². The zero-order valence-electron chi connectivity index (χ0n) is 10.7. The highest BCUT2D eigenvalue weighted by atomic mass is 32.1. The molecule has 1 aliphatic carbocycles. The molecule has 0 radical (unpaired) electrons. The van der Waals surface area contributed by atoms with Crippen molar-refractivity contribution in [2.45, 2.75) is 37.8 Å². The third-order valence-electron chi connectivity index (χ3n) is 3.70. The van der Waals surface area contributed by atoms with Gasteiger partial charge in [-0.15, -0.1) is 0 Å². The minimum atomic E-state index is -0.181. The van der Waals surface area contributed by atoms with Crippen LogP contribution in [0.5, 0.6) is 5.88 Å². The standard InChI is InChI=1S/C12H16N4O2S/c1-18-11-9-10(13-6-14-11)16(12(19)15-9)7-2-4-8(17)5-3-7/h6-8,17H,2-5H2,1H3,(H,15,19). The number of imidazole rings is 1. The van der Waals surface area contributed by atoms with Gasteiger partial charge in [0.1, 0.15) is 11.8 Å². The number of ether oxygens (including phenoxy) is 1. The topological polar surface area (TPSA) is 76.0 Å². The largest absolute Gasteiger partial charge is 0.479 e. The number of methoxy groups -OCH3 is 1. The van der Waals surface area contributed by atoms with E-state index < -0.39 is 0 Å². The van der Waals surface area contributed by atoms with Gasteiger partial charge >= 0.3 is 0 Å². The molecule has 1 saturated carbocycles. The maximum absolute atomic E-state index is 9.60. The number of aliphatic hydroxyl groups is 1. The van der Waals surface area contributed by atoms with Crippen molar-refractivity contribution in [1.82, 2.24) is 19.5 Å². The van der Waals surface area contributed by atoms with Crippen molar-refractivity contribution in [3.05, 3.63) is 11.1 Å². The fourth-order valence-electron chi connectivity index (χ4n) is 2.73. The average molecular weight is 280 g/mol. The molecule has 0 aromatic carbocycles. The summed E-state index contributed by atoms with van der Waals surface area (Å²) in [7, 11) is 1.58. The minimum Gasteiger partial charge on any atom is -0.479 e. The molecule has 1 aliphatic rings. The SMILES string of the molecule is COc1ncnc2c1[nH]c(=S)n2C1CCC(O)CC1. The quantitative estimate of drug-likeness (QED) is 0.823. The lowest BCUT2D eigenvalue weighted by Crippen LogP contribution is -2.21. The Hall–Kier alpha value is -1.47. The van der Waals surface area contributed by atoms with Crippen molar-refractivity contribution in [2.75, 3.05) is 7.11 Å². The van der Waals surface area contributed by atoms with Crippen LogP contribution in [0, 0.1) is 4.77 Å². The molecular weight excluding hydrogens is 264 g/mol. The Kier molecular flexibility index (Phi) is 3.24. The second-order valence-corrected chi connectivity index (χ2v) is 5.23. The van der Waals surface area contributed by atoms with Gasteiger partial charge in [-0.3, -0.25) is 4.57 Å². The molecule has 2 aromatic heterocycles. The maximum Gasteiger partial charge on any atom is 0.242 e. The highest BCUT2D eigenvalue weighted by Gasteiger charge is 2.24. The first-order chi connectivity index (χ1) is 9.20. The van der Waals surface area contributed by atoms with Crippen LogP contribution in [-0.4, -0.2) is 37.8 Å². The summed E-state index contributed by atoms with van der Waals surface area (Å²) in [6.07, 6.45) is 4.74. The molecule has 0 saturated heterocycles. The Balaban J connectivity index is 2.08. The first kappa shape index (κ1) is 12.6. The van der Waals surface area contributed by atoms with Crippen molar-refractivity contribution >= 4 is 23.4 Å². The summed E-state index contributed by atoms with van der Waals surface area (Å²) in [5.74, 6) is 0.505. The molecule has 2 N–H and O–H groups in total. The van der Waals surface area contributed by atoms with E-state index in [1.165, 1.54) is 6.33 Å². The van der Waals surface area contributed by atoms with Crippen LogP contribution in [0.4, 0.5) is 0 Å². The summed E-state index contributed by atoms with van der Waals surface area (Å²) < 4.78 is 7.88. The molecule has 2 heterocycles. The monoisotopic (exact) mass is 280 g/mol. The Morgan fingerprint density at radius 3 is 2.79 bits per heavy atom. The average Bonchev–Trinajstić information content (AvgIpc) is 2.76. The molecule has 0 spiro atoms. The number of aromatic amines is 1. The molecule has 7 heteroatoms. The molecule has 0 aliphatic heterocycles. The van der Waals surface area contributed by atoms with Crippen molar-refractivity contribution in [1.29, 1.82) is 0 Å². The molecule has 1 fully saturated rings. The molecule has 2 aromatic rings. The Morgan fingerprint density at radius 1 is 1.37 bits per heavy atom. The fourth-order valence-corrected chi connectivity index (χ4v) is 3.06. The lowest BCUT2D eigenvalue weighted by atomic mass is 9.93. The molecule has 0 amide bonds. The maximum atomic E-state index is 9.60. The van der Waals surface area contributed by atoms with Crippen LogP contribution >= 0.6 is 12.2 Å². The number of rotatable bonds is 2. The first-order valence-corrected chi connectivity index (χ1v) is 6.78. The molecule has 102 valence electrons. The van der Waals surface area contributed by atoms with Gasteiger partial charge in [0.2, 0.25) is 5.88 Å². The Labute approximate surface area is 115 Å². The van der Waals surface area contributed by atoms with Crippen molar-refractivity contribution in [2.24, 2.45) is 0 Å². The molecular formula is C12H16N4O2S. The summed E-state index contributed by atoms with van der Waals surface area (Å²) in [6, 6.07) is 0.282. The van der Waals surface area contributed by atoms with Gasteiger partial charge in [0.25, 0.3) is 0 Å². The number of hydrogen-bond acceptors (Lipinski definition) is 5. The van der Waals surface area contributed by atoms with E-state index in [4.69, 9.17) is 17.0 Å². The highest BCUT2D eigenvalue weighted by molar-refractivity contribution is 7.71. The summed E-state index contributed by atoms with van der Waals surface area (Å²) in [5.41, 5.74) is 1.51. The van der Waals surface area contributed by atoms with E-state index in [-0.39, 0.29) is 12.1 Å². The fraction of sp³-hybridized carbons (Fsp3) is 0.583. The van der Waals surface area contributed by atoms with E-state index in [2.05, 4.69) is 15.0 Å². The van der Waals surface area contributed by atoms with Gasteiger partial charge in [-0.1, -0.05) is 0 Å². The predicted molar refractivity (Wildman–Crippen MR) is 72.8 cm³/mol. The molecule has 3 rings (SSSR count). The van der Waals surface area contributed by atoms with E-state index in [1.54, 1.807) is 7.11 Å². The van der Waals surface area contributed by atoms with Crippen LogP contribution in [0.25, 0.3) is 11.2 Å². The van der Waals surface area contributed by atoms with Crippen LogP contribution in [0.3, 0.4) is 0 Å². The number of aliphatic hydroxyl groups excluding tert-OH is 1.